The van der Waals surface area contributed by atoms with Crippen LogP contribution in [-0.4, -0.2) is 40.3 Å². The second-order valence-electron chi connectivity index (χ2n) is 9.01. The molecular weight excluding hydrogens is 337 g/mol. The van der Waals surface area contributed by atoms with E-state index in [0.717, 1.165) is 49.2 Å². The molecule has 2 aliphatic heterocycles. The second-order valence-corrected chi connectivity index (χ2v) is 9.01. The molecule has 1 amide bonds. The molecule has 0 spiro atoms. The smallest absolute Gasteiger partial charge is 0.327 e. The van der Waals surface area contributed by atoms with Crippen LogP contribution in [0.1, 0.15) is 52.4 Å². The predicted molar refractivity (Wildman–Crippen MR) is 108 cm³/mol. The lowest BCUT2D eigenvalue weighted by molar-refractivity contribution is -0.119. The average molecular weight is 365 g/mol. The van der Waals surface area contributed by atoms with Crippen LogP contribution in [0.25, 0.3) is 11.3 Å². The van der Waals surface area contributed by atoms with E-state index < -0.39 is 0 Å². The molecule has 1 atom stereocenters. The first kappa shape index (κ1) is 18.3. The van der Waals surface area contributed by atoms with Gasteiger partial charge in [0.15, 0.2) is 0 Å². The minimum atomic E-state index is -0.125. The number of aromatic nitrogens is 2. The summed E-state index contributed by atoms with van der Waals surface area (Å²) in [6.45, 7) is 9.87. The van der Waals surface area contributed by atoms with Crippen LogP contribution in [0.4, 0.5) is 0 Å². The van der Waals surface area contributed by atoms with Crippen molar-refractivity contribution in [1.29, 1.82) is 0 Å². The van der Waals surface area contributed by atoms with Crippen molar-refractivity contribution in [1.82, 2.24) is 14.9 Å². The van der Waals surface area contributed by atoms with E-state index in [2.05, 4.69) is 61.9 Å². The third-order valence-corrected chi connectivity index (χ3v) is 6.70. The number of amides is 1. The van der Waals surface area contributed by atoms with Crippen LogP contribution in [0, 0.1) is 5.41 Å². The van der Waals surface area contributed by atoms with Crippen LogP contribution in [0.5, 0.6) is 0 Å². The van der Waals surface area contributed by atoms with Crippen LogP contribution >= 0.6 is 0 Å². The first-order valence-corrected chi connectivity index (χ1v) is 9.85. The molecule has 2 fully saturated rings. The summed E-state index contributed by atoms with van der Waals surface area (Å²) in [4.78, 5) is 21.0. The van der Waals surface area contributed by atoms with Crippen molar-refractivity contribution in [3.05, 3.63) is 36.3 Å². The maximum atomic E-state index is 11.2. The Hall–Kier alpha value is -2.08. The molecule has 0 bridgehead atoms. The number of carbonyl (C=O) groups is 1. The zero-order valence-electron chi connectivity index (χ0n) is 16.7. The van der Waals surface area contributed by atoms with Gasteiger partial charge in [0.25, 0.3) is 0 Å². The van der Waals surface area contributed by atoms with E-state index in [1.165, 1.54) is 5.46 Å². The number of benzene rings is 1. The largest absolute Gasteiger partial charge is 0.426 e. The summed E-state index contributed by atoms with van der Waals surface area (Å²) in [7, 11) is 0. The minimum Gasteiger partial charge on any atom is -0.426 e. The van der Waals surface area contributed by atoms with E-state index >= 15 is 0 Å². The quantitative estimate of drug-likeness (QED) is 0.667. The van der Waals surface area contributed by atoms with Crippen LogP contribution < -0.4 is 5.46 Å². The van der Waals surface area contributed by atoms with Crippen LogP contribution in [0.3, 0.4) is 0 Å². The van der Waals surface area contributed by atoms with Crippen molar-refractivity contribution in [2.24, 2.45) is 5.41 Å². The number of H-pyrrole nitrogens is 1. The van der Waals surface area contributed by atoms with E-state index in [1.807, 2.05) is 11.1 Å². The zero-order chi connectivity index (χ0) is 19.2. The molecule has 2 aromatic rings. The van der Waals surface area contributed by atoms with Crippen molar-refractivity contribution in [3.8, 4) is 11.3 Å². The summed E-state index contributed by atoms with van der Waals surface area (Å²) in [6.07, 6.45) is 5.82. The standard InChI is InChI=1S/C21H28BN3O2/c1-20(2)13-22(27-21(20,3)4)16-9-7-15(8-10-16)17-12-23-19(24-17)18-6-5-11-25(18)14-26/h7-10,12,14,18H,5-6,11,13H2,1-4H3,(H,23,24). The molecule has 4 rings (SSSR count). The Balaban J connectivity index is 1.51. The highest BCUT2D eigenvalue weighted by molar-refractivity contribution is 6.68. The van der Waals surface area contributed by atoms with Crippen molar-refractivity contribution >= 4 is 18.8 Å². The molecule has 3 heterocycles. The van der Waals surface area contributed by atoms with Gasteiger partial charge in [-0.25, -0.2) is 4.98 Å². The summed E-state index contributed by atoms with van der Waals surface area (Å²) in [5.74, 6) is 0.876. The summed E-state index contributed by atoms with van der Waals surface area (Å²) >= 11 is 0. The van der Waals surface area contributed by atoms with Gasteiger partial charge >= 0.3 is 6.92 Å². The van der Waals surface area contributed by atoms with E-state index in [9.17, 15) is 4.79 Å². The van der Waals surface area contributed by atoms with E-state index in [0.29, 0.717) is 0 Å². The molecule has 2 aliphatic rings. The summed E-state index contributed by atoms with van der Waals surface area (Å²) < 4.78 is 6.33. The molecule has 0 aliphatic carbocycles. The normalized spacial score (nSPS) is 23.8. The number of carbonyl (C=O) groups excluding carboxylic acids is 1. The molecule has 142 valence electrons. The third-order valence-electron chi connectivity index (χ3n) is 6.70. The average Bonchev–Trinajstić information content (AvgIpc) is 3.33. The zero-order valence-corrected chi connectivity index (χ0v) is 16.7. The number of hydrogen-bond acceptors (Lipinski definition) is 3. The van der Waals surface area contributed by atoms with Gasteiger partial charge in [-0.15, -0.1) is 0 Å². The Morgan fingerprint density at radius 2 is 2.00 bits per heavy atom. The van der Waals surface area contributed by atoms with E-state index in [1.54, 1.807) is 0 Å². The third kappa shape index (κ3) is 3.20. The first-order valence-electron chi connectivity index (χ1n) is 9.85. The predicted octanol–water partition coefficient (Wildman–Crippen LogP) is 3.40. The molecule has 1 aromatic carbocycles. The highest BCUT2D eigenvalue weighted by Crippen LogP contribution is 2.45. The number of nitrogens with one attached hydrogen (secondary N) is 1. The molecule has 0 radical (unpaired) electrons. The Morgan fingerprint density at radius 3 is 2.63 bits per heavy atom. The highest BCUT2D eigenvalue weighted by Gasteiger charge is 2.49. The van der Waals surface area contributed by atoms with Gasteiger partial charge < -0.3 is 14.5 Å². The monoisotopic (exact) mass is 365 g/mol. The number of imidazole rings is 1. The van der Waals surface area contributed by atoms with E-state index in [-0.39, 0.29) is 24.0 Å². The van der Waals surface area contributed by atoms with Gasteiger partial charge in [0.2, 0.25) is 6.41 Å². The SMILES string of the molecule is CC1(C)CB(c2ccc(-c3cnc(C4CCCN4C=O)[nH]3)cc2)OC1(C)C. The lowest BCUT2D eigenvalue weighted by atomic mass is 9.54. The van der Waals surface area contributed by atoms with Crippen LogP contribution in [-0.2, 0) is 9.45 Å². The van der Waals surface area contributed by atoms with Gasteiger partial charge in [-0.05, 0) is 49.5 Å². The van der Waals surface area contributed by atoms with Crippen molar-refractivity contribution in [2.75, 3.05) is 6.54 Å². The summed E-state index contributed by atoms with van der Waals surface area (Å²) in [5, 5.41) is 0. The fourth-order valence-corrected chi connectivity index (χ4v) is 4.19. The molecule has 1 unspecified atom stereocenters. The fourth-order valence-electron chi connectivity index (χ4n) is 4.19. The fraction of sp³-hybridized carbons (Fsp3) is 0.524. The maximum Gasteiger partial charge on any atom is 0.327 e. The molecule has 5 nitrogen and oxygen atoms in total. The molecule has 6 heteroatoms. The number of nitrogens with zero attached hydrogens (tertiary/aromatic N) is 2. The van der Waals surface area contributed by atoms with Crippen molar-refractivity contribution in [3.63, 3.8) is 0 Å². The van der Waals surface area contributed by atoms with Gasteiger partial charge in [0.1, 0.15) is 5.82 Å². The number of rotatable bonds is 4. The highest BCUT2D eigenvalue weighted by atomic mass is 16.5. The lowest BCUT2D eigenvalue weighted by Crippen LogP contribution is -2.36. The number of likely N-dealkylation sites (tertiary alicyclic amines) is 1. The second kappa shape index (κ2) is 6.52. The molecule has 0 saturated carbocycles. The first-order chi connectivity index (χ1) is 12.8. The van der Waals surface area contributed by atoms with Crippen LogP contribution in [0.15, 0.2) is 30.5 Å². The Bertz CT molecular complexity index is 812. The van der Waals surface area contributed by atoms with Crippen molar-refractivity contribution in [2.45, 2.75) is 58.5 Å². The molecule has 27 heavy (non-hydrogen) atoms. The maximum absolute atomic E-state index is 11.2. The minimum absolute atomic E-state index is 0.0758. The van der Waals surface area contributed by atoms with E-state index in [4.69, 9.17) is 4.65 Å². The topological polar surface area (TPSA) is 58.2 Å². The van der Waals surface area contributed by atoms with Gasteiger partial charge in [0, 0.05) is 6.54 Å². The molecule has 2 saturated heterocycles. The van der Waals surface area contributed by atoms with Gasteiger partial charge in [-0.3, -0.25) is 4.79 Å². The summed E-state index contributed by atoms with van der Waals surface area (Å²) in [6, 6.07) is 8.64. The number of hydrogen-bond donors (Lipinski definition) is 1. The Labute approximate surface area is 161 Å². The Morgan fingerprint density at radius 1 is 1.26 bits per heavy atom. The molecule has 1 aromatic heterocycles. The van der Waals surface area contributed by atoms with Gasteiger partial charge in [-0.1, -0.05) is 38.1 Å². The van der Waals surface area contributed by atoms with Gasteiger partial charge in [0.05, 0.1) is 23.5 Å². The molecular formula is C21H28BN3O2. The van der Waals surface area contributed by atoms with Crippen molar-refractivity contribution < 1.29 is 9.45 Å². The summed E-state index contributed by atoms with van der Waals surface area (Å²) in [5.41, 5.74) is 3.34. The van der Waals surface area contributed by atoms with Gasteiger partial charge in [-0.2, -0.15) is 0 Å². The Kier molecular flexibility index (Phi) is 4.42. The lowest BCUT2D eigenvalue weighted by Gasteiger charge is -2.34. The van der Waals surface area contributed by atoms with Crippen LogP contribution in [0.2, 0.25) is 6.32 Å². The number of aromatic amines is 1. The molecule has 1 N–H and O–H groups in total.